The molecule has 0 unspecified atom stereocenters. The summed E-state index contributed by atoms with van der Waals surface area (Å²) in [5.41, 5.74) is 1.70. The van der Waals surface area contributed by atoms with Gasteiger partial charge in [-0.3, -0.25) is 4.79 Å². The predicted octanol–water partition coefficient (Wildman–Crippen LogP) is 7.51. The Labute approximate surface area is 243 Å². The zero-order valence-electron chi connectivity index (χ0n) is 23.4. The van der Waals surface area contributed by atoms with Crippen LogP contribution in [0.4, 0.5) is 0 Å². The Bertz CT molecular complexity index is 1090. The fourth-order valence-electron chi connectivity index (χ4n) is 4.07. The Morgan fingerprint density at radius 3 is 1.08 bits per heavy atom. The second kappa shape index (κ2) is 15.3. The van der Waals surface area contributed by atoms with Gasteiger partial charge in [0.15, 0.2) is 5.78 Å². The second-order valence-corrected chi connectivity index (χ2v) is 13.3. The molecule has 38 heavy (non-hydrogen) atoms. The number of benzene rings is 3. The number of carbonyl (C=O) groups excluding carboxylic acids is 1. The maximum atomic E-state index is 12.4. The van der Waals surface area contributed by atoms with E-state index >= 15 is 0 Å². The molecule has 0 N–H and O–H groups in total. The van der Waals surface area contributed by atoms with E-state index in [4.69, 9.17) is 4.65 Å². The van der Waals surface area contributed by atoms with Crippen LogP contribution in [0.15, 0.2) is 114 Å². The van der Waals surface area contributed by atoms with Crippen LogP contribution in [0.3, 0.4) is 0 Å². The molecule has 0 saturated carbocycles. The number of Topliss-reactive ketones (excluding diaryl/α,β-unsaturated/α-hetero) is 1. The van der Waals surface area contributed by atoms with Crippen LogP contribution in [-0.2, 0) is 28.9 Å². The molecule has 0 spiro atoms. The molecule has 200 valence electrons. The molecule has 3 aromatic rings. The minimum Gasteiger partial charge on any atom is -0.0622 e. The fourth-order valence-corrected chi connectivity index (χ4v) is 6.37. The van der Waals surface area contributed by atoms with Gasteiger partial charge in [0.2, 0.25) is 0 Å². The van der Waals surface area contributed by atoms with Crippen molar-refractivity contribution in [1.29, 1.82) is 0 Å². The molecule has 3 aromatic carbocycles. The van der Waals surface area contributed by atoms with Crippen molar-refractivity contribution in [2.45, 2.75) is 48.5 Å². The number of carbonyl (C=O) groups is 1. The van der Waals surface area contributed by atoms with Gasteiger partial charge in [-0.15, -0.1) is 0 Å². The summed E-state index contributed by atoms with van der Waals surface area (Å²) in [6.45, 7) is 19.1. The molecular formula is C34H38O2PRh. The minimum absolute atomic E-state index is 0. The van der Waals surface area contributed by atoms with E-state index < -0.39 is 7.92 Å². The maximum Gasteiger partial charge on any atom is 0 e. The fraction of sp³-hybridized carbons (Fsp3) is 0.265. The second-order valence-electron chi connectivity index (χ2n) is 11.0. The SMILES string of the molecule is C[C]1C=C(C(C)(C)C)C(=O)C(C(C)(C)C)=C1.[C-]#[O+].[Rh].c1ccc(P(c2ccccc2)c2ccccc2)cc1. The van der Waals surface area contributed by atoms with Gasteiger partial charge in [0.1, 0.15) is 0 Å². The molecule has 0 aromatic heterocycles. The van der Waals surface area contributed by atoms with Gasteiger partial charge >= 0.3 is 11.3 Å². The van der Waals surface area contributed by atoms with Gasteiger partial charge in [-0.1, -0.05) is 152 Å². The Hall–Kier alpha value is -2.40. The molecule has 0 heterocycles. The van der Waals surface area contributed by atoms with E-state index in [1.807, 2.05) is 12.2 Å². The van der Waals surface area contributed by atoms with Crippen molar-refractivity contribution in [3.63, 3.8) is 0 Å². The number of rotatable bonds is 3. The molecule has 4 rings (SSSR count). The van der Waals surface area contributed by atoms with E-state index in [0.717, 1.165) is 11.1 Å². The molecule has 4 heteroatoms. The number of hydrogen-bond donors (Lipinski definition) is 0. The Kier molecular flexibility index (Phi) is 13.5. The number of allylic oxidation sites excluding steroid dienone is 4. The van der Waals surface area contributed by atoms with Crippen molar-refractivity contribution in [3.8, 4) is 0 Å². The van der Waals surface area contributed by atoms with Gasteiger partial charge in [-0.25, -0.2) is 0 Å². The van der Waals surface area contributed by atoms with Crippen LogP contribution < -0.4 is 15.9 Å². The van der Waals surface area contributed by atoms with Crippen LogP contribution in [0.1, 0.15) is 48.5 Å². The Morgan fingerprint density at radius 2 is 0.842 bits per heavy atom. The summed E-state index contributed by atoms with van der Waals surface area (Å²) in [4.78, 5) is 12.4. The van der Waals surface area contributed by atoms with Gasteiger partial charge < -0.3 is 0 Å². The normalized spacial score (nSPS) is 13.6. The predicted molar refractivity (Wildman–Crippen MR) is 158 cm³/mol. The molecule has 0 fully saturated rings. The molecule has 1 aliphatic carbocycles. The topological polar surface area (TPSA) is 37.0 Å². The maximum absolute atomic E-state index is 12.4. The van der Waals surface area contributed by atoms with Gasteiger partial charge in [0.05, 0.1) is 0 Å². The van der Waals surface area contributed by atoms with E-state index in [-0.39, 0.29) is 36.1 Å². The first kappa shape index (κ1) is 33.6. The number of ketones is 1. The summed E-state index contributed by atoms with van der Waals surface area (Å²) in [7, 11) is -0.446. The van der Waals surface area contributed by atoms with E-state index in [2.05, 4.69) is 146 Å². The molecule has 0 amide bonds. The summed E-state index contributed by atoms with van der Waals surface area (Å²) in [5.74, 6) is 1.39. The van der Waals surface area contributed by atoms with E-state index in [0.29, 0.717) is 0 Å². The minimum atomic E-state index is -0.446. The van der Waals surface area contributed by atoms with Crippen molar-refractivity contribution in [2.75, 3.05) is 0 Å². The van der Waals surface area contributed by atoms with Crippen LogP contribution in [0.25, 0.3) is 0 Å². The molecule has 2 nitrogen and oxygen atoms in total. The van der Waals surface area contributed by atoms with Crippen LogP contribution in [0.2, 0.25) is 0 Å². The molecular weight excluding hydrogens is 574 g/mol. The molecule has 2 radical (unpaired) electrons. The van der Waals surface area contributed by atoms with Crippen molar-refractivity contribution in [3.05, 3.63) is 127 Å². The van der Waals surface area contributed by atoms with E-state index in [1.54, 1.807) is 0 Å². The average molecular weight is 613 g/mol. The zero-order chi connectivity index (χ0) is 27.6. The quantitative estimate of drug-likeness (QED) is 0.131. The Balaban J connectivity index is 0.000000353. The number of hydrogen-bond acceptors (Lipinski definition) is 1. The molecule has 0 bridgehead atoms. The van der Waals surface area contributed by atoms with Crippen molar-refractivity contribution >= 4 is 29.6 Å². The van der Waals surface area contributed by atoms with Crippen molar-refractivity contribution in [2.24, 2.45) is 10.8 Å². The first-order valence-electron chi connectivity index (χ1n) is 12.5. The largest absolute Gasteiger partial charge is 0.0622 e. The zero-order valence-corrected chi connectivity index (χ0v) is 25.9. The summed E-state index contributed by atoms with van der Waals surface area (Å²) in [5, 5.41) is 4.19. The third-order valence-corrected chi connectivity index (χ3v) is 8.34. The first-order valence-corrected chi connectivity index (χ1v) is 13.8. The standard InChI is InChI=1S/C18H15P.C15H23O.CO.Rh/c1-4-10-16(11-5-1)19(17-12-6-2-7-13-17)18-14-8-3-9-15-18;1-10-8-11(14(2,3)4)13(16)12(9-10)15(5,6)7;1-2;/h1-15H;8-9H,1-7H3;;. The van der Waals surface area contributed by atoms with Gasteiger partial charge in [-0.2, -0.15) is 0 Å². The van der Waals surface area contributed by atoms with Crippen LogP contribution in [0, 0.1) is 23.4 Å². The third kappa shape index (κ3) is 9.41. The smallest absolute Gasteiger partial charge is 0 e. The van der Waals surface area contributed by atoms with E-state index in [9.17, 15) is 4.79 Å². The molecule has 0 atom stereocenters. The van der Waals surface area contributed by atoms with E-state index in [1.165, 1.54) is 21.8 Å². The van der Waals surface area contributed by atoms with Crippen LogP contribution >= 0.6 is 7.92 Å². The molecule has 0 saturated heterocycles. The van der Waals surface area contributed by atoms with Crippen LogP contribution in [0.5, 0.6) is 0 Å². The van der Waals surface area contributed by atoms with Gasteiger partial charge in [-0.05, 0) is 34.7 Å². The first-order chi connectivity index (χ1) is 17.5. The van der Waals surface area contributed by atoms with Crippen molar-refractivity contribution in [1.82, 2.24) is 0 Å². The van der Waals surface area contributed by atoms with Gasteiger partial charge in [0, 0.05) is 36.5 Å². The monoisotopic (exact) mass is 612 g/mol. The summed E-state index contributed by atoms with van der Waals surface area (Å²) in [6, 6.07) is 32.3. The summed E-state index contributed by atoms with van der Waals surface area (Å²) < 4.78 is 7.50. The summed E-state index contributed by atoms with van der Waals surface area (Å²) in [6.07, 6.45) is 4.05. The Morgan fingerprint density at radius 1 is 0.579 bits per heavy atom. The molecule has 1 aliphatic rings. The van der Waals surface area contributed by atoms with Gasteiger partial charge in [0.25, 0.3) is 0 Å². The van der Waals surface area contributed by atoms with Crippen LogP contribution in [-0.4, -0.2) is 5.78 Å². The summed E-state index contributed by atoms with van der Waals surface area (Å²) >= 11 is 0. The molecule has 0 aliphatic heterocycles. The third-order valence-electron chi connectivity index (χ3n) is 5.89. The van der Waals surface area contributed by atoms with Crippen molar-refractivity contribution < 1.29 is 28.9 Å². The average Bonchev–Trinajstić information content (AvgIpc) is 2.88.